The van der Waals surface area contributed by atoms with E-state index >= 15 is 0 Å². The van der Waals surface area contributed by atoms with Gasteiger partial charge in [0.05, 0.1) is 17.1 Å². The zero-order valence-corrected chi connectivity index (χ0v) is 18.2. The summed E-state index contributed by atoms with van der Waals surface area (Å²) in [4.78, 5) is 13.2. The summed E-state index contributed by atoms with van der Waals surface area (Å²) in [5.74, 6) is 2.02. The van der Waals surface area contributed by atoms with Gasteiger partial charge in [-0.05, 0) is 43.2 Å². The van der Waals surface area contributed by atoms with Gasteiger partial charge >= 0.3 is 0 Å². The molecule has 3 aromatic rings. The summed E-state index contributed by atoms with van der Waals surface area (Å²) in [5, 5.41) is 16.9. The second kappa shape index (κ2) is 10.1. The van der Waals surface area contributed by atoms with Crippen molar-refractivity contribution in [2.75, 3.05) is 31.2 Å². The molecule has 0 bridgehead atoms. The molecule has 0 radical (unpaired) electrons. The van der Waals surface area contributed by atoms with Gasteiger partial charge in [-0.15, -0.1) is 11.8 Å². The highest BCUT2D eigenvalue weighted by Gasteiger charge is 2.16. The van der Waals surface area contributed by atoms with Gasteiger partial charge in [-0.3, -0.25) is 4.79 Å². The van der Waals surface area contributed by atoms with Crippen LogP contribution in [0.2, 0.25) is 0 Å². The number of hydrogen-bond acceptors (Lipinski definition) is 7. The summed E-state index contributed by atoms with van der Waals surface area (Å²) < 4.78 is 12.7. The van der Waals surface area contributed by atoms with E-state index in [0.717, 1.165) is 16.3 Å². The SMILES string of the molecule is N#Cc1c(CCCNC(=O)CSc2ccc3c(c2)OCCO3)nn(-c2ccccc2)c1N. The molecule has 9 heteroatoms. The molecular formula is C23H23N5O3S. The number of nitrogens with two attached hydrogens (primary N) is 1. The number of fused-ring (bicyclic) bond motifs is 1. The zero-order valence-electron chi connectivity index (χ0n) is 17.4. The molecule has 0 saturated carbocycles. The minimum absolute atomic E-state index is 0.0558. The van der Waals surface area contributed by atoms with Crippen LogP contribution in [0.15, 0.2) is 53.4 Å². The molecule has 0 aliphatic carbocycles. The van der Waals surface area contributed by atoms with Crippen molar-refractivity contribution in [3.63, 3.8) is 0 Å². The van der Waals surface area contributed by atoms with Crippen molar-refractivity contribution in [3.05, 3.63) is 59.8 Å². The summed E-state index contributed by atoms with van der Waals surface area (Å²) in [6, 6.07) is 17.3. The van der Waals surface area contributed by atoms with Gasteiger partial charge in [0.25, 0.3) is 0 Å². The molecule has 0 unspecified atom stereocenters. The van der Waals surface area contributed by atoms with Gasteiger partial charge in [0.2, 0.25) is 5.91 Å². The minimum atomic E-state index is -0.0558. The Balaban J connectivity index is 1.25. The smallest absolute Gasteiger partial charge is 0.230 e. The number of aryl methyl sites for hydroxylation is 1. The Kier molecular flexibility index (Phi) is 6.82. The number of nitrogens with zero attached hydrogens (tertiary/aromatic N) is 3. The van der Waals surface area contributed by atoms with Crippen molar-refractivity contribution in [1.29, 1.82) is 5.26 Å². The number of hydrogen-bond donors (Lipinski definition) is 2. The van der Waals surface area contributed by atoms with E-state index in [1.165, 1.54) is 11.8 Å². The van der Waals surface area contributed by atoms with Crippen LogP contribution in [-0.4, -0.2) is 41.2 Å². The summed E-state index contributed by atoms with van der Waals surface area (Å²) in [6.07, 6.45) is 1.20. The number of ether oxygens (including phenoxy) is 2. The van der Waals surface area contributed by atoms with Crippen molar-refractivity contribution >= 4 is 23.5 Å². The minimum Gasteiger partial charge on any atom is -0.486 e. The molecule has 2 heterocycles. The first-order chi connectivity index (χ1) is 15.7. The lowest BCUT2D eigenvalue weighted by atomic mass is 10.1. The average molecular weight is 450 g/mol. The third-order valence-electron chi connectivity index (χ3n) is 4.90. The van der Waals surface area contributed by atoms with Gasteiger partial charge in [-0.25, -0.2) is 4.68 Å². The Morgan fingerprint density at radius 3 is 2.75 bits per heavy atom. The second-order valence-corrected chi connectivity index (χ2v) is 8.16. The molecule has 0 saturated heterocycles. The van der Waals surface area contributed by atoms with Crippen molar-refractivity contribution in [2.24, 2.45) is 0 Å². The number of nitriles is 1. The van der Waals surface area contributed by atoms with E-state index in [0.29, 0.717) is 61.2 Å². The van der Waals surface area contributed by atoms with Crippen LogP contribution >= 0.6 is 11.8 Å². The number of aromatic nitrogens is 2. The first-order valence-corrected chi connectivity index (χ1v) is 11.3. The molecule has 0 fully saturated rings. The van der Waals surface area contributed by atoms with E-state index in [9.17, 15) is 10.1 Å². The highest BCUT2D eigenvalue weighted by Crippen LogP contribution is 2.34. The van der Waals surface area contributed by atoms with Crippen LogP contribution in [0, 0.1) is 11.3 Å². The predicted molar refractivity (Wildman–Crippen MR) is 122 cm³/mol. The standard InChI is InChI=1S/C23H23N5O3S/c24-14-18-19(27-28(23(18)25)16-5-2-1-3-6-16)7-4-10-26-22(29)15-32-17-8-9-20-21(13-17)31-12-11-30-20/h1-3,5-6,8-9,13H,4,7,10-12,15,25H2,(H,26,29). The lowest BCUT2D eigenvalue weighted by Crippen LogP contribution is -2.26. The highest BCUT2D eigenvalue weighted by molar-refractivity contribution is 8.00. The Labute approximate surface area is 190 Å². The number of para-hydroxylation sites is 1. The number of nitrogen functional groups attached to an aromatic ring is 1. The highest BCUT2D eigenvalue weighted by atomic mass is 32.2. The molecule has 1 aliphatic heterocycles. The Hall–Kier alpha value is -3.64. The summed E-state index contributed by atoms with van der Waals surface area (Å²) in [6.45, 7) is 1.57. The van der Waals surface area contributed by atoms with Crippen LogP contribution in [-0.2, 0) is 11.2 Å². The lowest BCUT2D eigenvalue weighted by Gasteiger charge is -2.18. The van der Waals surface area contributed by atoms with E-state index in [1.807, 2.05) is 48.5 Å². The van der Waals surface area contributed by atoms with Gasteiger partial charge < -0.3 is 20.5 Å². The largest absolute Gasteiger partial charge is 0.486 e. The number of thioether (sulfide) groups is 1. The molecule has 0 spiro atoms. The molecule has 4 rings (SSSR count). The summed E-state index contributed by atoms with van der Waals surface area (Å²) >= 11 is 1.44. The van der Waals surface area contributed by atoms with Gasteiger partial charge in [0.15, 0.2) is 11.5 Å². The van der Waals surface area contributed by atoms with Crippen molar-refractivity contribution < 1.29 is 14.3 Å². The number of carbonyl (C=O) groups is 1. The normalized spacial score (nSPS) is 12.2. The molecule has 1 aromatic heterocycles. The van der Waals surface area contributed by atoms with E-state index in [-0.39, 0.29) is 5.91 Å². The van der Waals surface area contributed by atoms with Gasteiger partial charge in [-0.1, -0.05) is 18.2 Å². The number of rotatable bonds is 8. The predicted octanol–water partition coefficient (Wildman–Crippen LogP) is 2.94. The molecular weight excluding hydrogens is 426 g/mol. The van der Waals surface area contributed by atoms with Crippen LogP contribution in [0.1, 0.15) is 17.7 Å². The summed E-state index contributed by atoms with van der Waals surface area (Å²) in [7, 11) is 0. The fourth-order valence-corrected chi connectivity index (χ4v) is 4.09. The van der Waals surface area contributed by atoms with Crippen LogP contribution in [0.3, 0.4) is 0 Å². The fourth-order valence-electron chi connectivity index (χ4n) is 3.34. The number of benzene rings is 2. The number of nitrogens with one attached hydrogen (secondary N) is 1. The van der Waals surface area contributed by atoms with Crippen molar-refractivity contribution in [1.82, 2.24) is 15.1 Å². The van der Waals surface area contributed by atoms with Gasteiger partial charge in [0.1, 0.15) is 30.7 Å². The zero-order chi connectivity index (χ0) is 22.3. The van der Waals surface area contributed by atoms with Crippen LogP contribution < -0.4 is 20.5 Å². The molecule has 2 aromatic carbocycles. The molecule has 3 N–H and O–H groups in total. The topological polar surface area (TPSA) is 115 Å². The molecule has 1 aliphatic rings. The third-order valence-corrected chi connectivity index (χ3v) is 5.90. The Bertz CT molecular complexity index is 1140. The van der Waals surface area contributed by atoms with Crippen LogP contribution in [0.4, 0.5) is 5.82 Å². The van der Waals surface area contributed by atoms with Crippen LogP contribution in [0.25, 0.3) is 5.69 Å². The van der Waals surface area contributed by atoms with Gasteiger partial charge in [-0.2, -0.15) is 10.4 Å². The van der Waals surface area contributed by atoms with Crippen molar-refractivity contribution in [3.8, 4) is 23.3 Å². The van der Waals surface area contributed by atoms with E-state index in [1.54, 1.807) is 4.68 Å². The van der Waals surface area contributed by atoms with Crippen LogP contribution in [0.5, 0.6) is 11.5 Å². The first-order valence-electron chi connectivity index (χ1n) is 10.3. The Morgan fingerprint density at radius 2 is 1.97 bits per heavy atom. The van der Waals surface area contributed by atoms with E-state index in [2.05, 4.69) is 16.5 Å². The molecule has 8 nitrogen and oxygen atoms in total. The van der Waals surface area contributed by atoms with Crippen molar-refractivity contribution in [2.45, 2.75) is 17.7 Å². The molecule has 0 atom stereocenters. The maximum Gasteiger partial charge on any atom is 0.230 e. The number of anilines is 1. The average Bonchev–Trinajstić information content (AvgIpc) is 3.16. The van der Waals surface area contributed by atoms with E-state index in [4.69, 9.17) is 15.2 Å². The maximum atomic E-state index is 12.2. The fraction of sp³-hybridized carbons (Fsp3) is 0.261. The first kappa shape index (κ1) is 21.6. The third kappa shape index (κ3) is 4.98. The van der Waals surface area contributed by atoms with Gasteiger partial charge in [0, 0.05) is 11.4 Å². The number of amides is 1. The van der Waals surface area contributed by atoms with E-state index < -0.39 is 0 Å². The monoisotopic (exact) mass is 449 g/mol. The maximum absolute atomic E-state index is 12.2. The molecule has 1 amide bonds. The molecule has 164 valence electrons. The quantitative estimate of drug-likeness (QED) is 0.401. The summed E-state index contributed by atoms with van der Waals surface area (Å²) in [5.41, 5.74) is 7.94. The number of carbonyl (C=O) groups excluding carboxylic acids is 1. The Morgan fingerprint density at radius 1 is 1.19 bits per heavy atom. The second-order valence-electron chi connectivity index (χ2n) is 7.11. The molecule has 32 heavy (non-hydrogen) atoms. The lowest BCUT2D eigenvalue weighted by molar-refractivity contribution is -0.118.